The van der Waals surface area contributed by atoms with E-state index in [0.29, 0.717) is 19.7 Å². The van der Waals surface area contributed by atoms with Gasteiger partial charge in [-0.05, 0) is 42.7 Å². The Morgan fingerprint density at radius 1 is 1.07 bits per heavy atom. The summed E-state index contributed by atoms with van der Waals surface area (Å²) in [5.41, 5.74) is 4.19. The fraction of sp³-hybridized carbons (Fsp3) is 0.292. The van der Waals surface area contributed by atoms with Crippen molar-refractivity contribution in [3.8, 4) is 11.4 Å². The highest BCUT2D eigenvalue weighted by molar-refractivity contribution is 5.70. The van der Waals surface area contributed by atoms with Gasteiger partial charge in [0, 0.05) is 31.0 Å². The van der Waals surface area contributed by atoms with Crippen LogP contribution in [0.3, 0.4) is 0 Å². The predicted octanol–water partition coefficient (Wildman–Crippen LogP) is 4.54. The molecule has 30 heavy (non-hydrogen) atoms. The SMILES string of the molecule is COc1ccc2c(c1)NC1(CCN(C(=O)OCc3ccccc3)CC1)c1cccn1-2. The topological polar surface area (TPSA) is 55.7 Å². The van der Waals surface area contributed by atoms with E-state index in [0.717, 1.165) is 35.5 Å². The normalized spacial score (nSPS) is 16.4. The molecule has 1 N–H and O–H groups in total. The molecular weight excluding hydrogens is 378 g/mol. The summed E-state index contributed by atoms with van der Waals surface area (Å²) in [6.45, 7) is 1.59. The van der Waals surface area contributed by atoms with E-state index >= 15 is 0 Å². The van der Waals surface area contributed by atoms with Crippen LogP contribution in [0.2, 0.25) is 0 Å². The van der Waals surface area contributed by atoms with E-state index < -0.39 is 0 Å². The van der Waals surface area contributed by atoms with Crippen LogP contribution >= 0.6 is 0 Å². The lowest BCUT2D eigenvalue weighted by atomic mass is 9.82. The molecule has 5 rings (SSSR count). The van der Waals surface area contributed by atoms with Gasteiger partial charge in [0.15, 0.2) is 0 Å². The molecule has 2 aromatic carbocycles. The molecule has 1 saturated heterocycles. The van der Waals surface area contributed by atoms with Crippen molar-refractivity contribution in [2.75, 3.05) is 25.5 Å². The monoisotopic (exact) mass is 403 g/mol. The molecule has 6 heteroatoms. The minimum Gasteiger partial charge on any atom is -0.497 e. The fourth-order valence-electron chi connectivity index (χ4n) is 4.52. The van der Waals surface area contributed by atoms with Crippen molar-refractivity contribution < 1.29 is 14.3 Å². The Morgan fingerprint density at radius 2 is 1.87 bits per heavy atom. The number of amides is 1. The number of ether oxygens (including phenoxy) is 2. The van der Waals surface area contributed by atoms with Crippen molar-refractivity contribution in [1.82, 2.24) is 9.47 Å². The molecule has 0 atom stereocenters. The van der Waals surface area contributed by atoms with Crippen molar-refractivity contribution >= 4 is 11.8 Å². The zero-order chi connectivity index (χ0) is 20.6. The molecule has 0 bridgehead atoms. The van der Waals surface area contributed by atoms with E-state index in [4.69, 9.17) is 9.47 Å². The van der Waals surface area contributed by atoms with E-state index in [9.17, 15) is 4.79 Å². The van der Waals surface area contributed by atoms with Crippen LogP contribution in [0, 0.1) is 0 Å². The summed E-state index contributed by atoms with van der Waals surface area (Å²) in [6, 6.07) is 20.1. The molecule has 1 aromatic heterocycles. The molecule has 1 fully saturated rings. The van der Waals surface area contributed by atoms with Crippen LogP contribution in [0.5, 0.6) is 5.75 Å². The second-order valence-corrected chi connectivity index (χ2v) is 7.88. The standard InChI is InChI=1S/C24H25N3O3/c1-29-19-9-10-21-20(16-19)25-24(22-8-5-13-27(21)22)11-14-26(15-12-24)23(28)30-17-18-6-3-2-4-7-18/h2-10,13,16,25H,11-12,14-15,17H2,1H3. The lowest BCUT2D eigenvalue weighted by Crippen LogP contribution is -2.51. The number of rotatable bonds is 3. The molecule has 2 aliphatic rings. The smallest absolute Gasteiger partial charge is 0.410 e. The first kappa shape index (κ1) is 18.6. The fourth-order valence-corrected chi connectivity index (χ4v) is 4.52. The molecular formula is C24H25N3O3. The number of nitrogens with zero attached hydrogens (tertiary/aromatic N) is 2. The zero-order valence-electron chi connectivity index (χ0n) is 17.0. The first-order valence-corrected chi connectivity index (χ1v) is 10.3. The number of benzene rings is 2. The summed E-state index contributed by atoms with van der Waals surface area (Å²) in [4.78, 5) is 14.4. The van der Waals surface area contributed by atoms with Crippen LogP contribution in [0.4, 0.5) is 10.5 Å². The Morgan fingerprint density at radius 3 is 2.63 bits per heavy atom. The van der Waals surface area contributed by atoms with Crippen LogP contribution in [0.1, 0.15) is 24.1 Å². The molecule has 2 aliphatic heterocycles. The number of anilines is 1. The average Bonchev–Trinajstić information content (AvgIpc) is 3.30. The number of fused-ring (bicyclic) bond motifs is 4. The maximum atomic E-state index is 12.6. The van der Waals surface area contributed by atoms with E-state index in [1.165, 1.54) is 5.69 Å². The van der Waals surface area contributed by atoms with E-state index in [1.54, 1.807) is 7.11 Å². The molecule has 3 heterocycles. The Kier molecular flexibility index (Phi) is 4.62. The quantitative estimate of drug-likeness (QED) is 0.698. The first-order valence-electron chi connectivity index (χ1n) is 10.3. The molecule has 0 saturated carbocycles. The average molecular weight is 403 g/mol. The Labute approximate surface area is 176 Å². The van der Waals surface area contributed by atoms with Crippen molar-refractivity contribution in [2.24, 2.45) is 0 Å². The van der Waals surface area contributed by atoms with Crippen LogP contribution in [-0.2, 0) is 16.9 Å². The number of hydrogen-bond acceptors (Lipinski definition) is 4. The summed E-state index contributed by atoms with van der Waals surface area (Å²) in [7, 11) is 1.68. The molecule has 6 nitrogen and oxygen atoms in total. The molecule has 1 amide bonds. The third kappa shape index (κ3) is 3.18. The van der Waals surface area contributed by atoms with Crippen LogP contribution in [0.15, 0.2) is 66.9 Å². The summed E-state index contributed by atoms with van der Waals surface area (Å²) < 4.78 is 13.2. The minimum atomic E-state index is -0.248. The molecule has 0 radical (unpaired) electrons. The number of aromatic nitrogens is 1. The van der Waals surface area contributed by atoms with Gasteiger partial charge in [0.2, 0.25) is 0 Å². The summed E-state index contributed by atoms with van der Waals surface area (Å²) >= 11 is 0. The largest absolute Gasteiger partial charge is 0.497 e. The Bertz CT molecular complexity index is 1050. The van der Waals surface area contributed by atoms with Gasteiger partial charge in [0.25, 0.3) is 0 Å². The number of likely N-dealkylation sites (tertiary alicyclic amines) is 1. The maximum absolute atomic E-state index is 12.6. The number of piperidine rings is 1. The van der Waals surface area contributed by atoms with Gasteiger partial charge in [0.1, 0.15) is 12.4 Å². The summed E-state index contributed by atoms with van der Waals surface area (Å²) in [6.07, 6.45) is 3.48. The van der Waals surface area contributed by atoms with Crippen LogP contribution in [-0.4, -0.2) is 35.8 Å². The van der Waals surface area contributed by atoms with E-state index in [-0.39, 0.29) is 11.6 Å². The van der Waals surface area contributed by atoms with Gasteiger partial charge in [0.05, 0.1) is 24.0 Å². The summed E-state index contributed by atoms with van der Waals surface area (Å²) in [5.74, 6) is 0.828. The highest BCUT2D eigenvalue weighted by Crippen LogP contribution is 2.44. The van der Waals surface area contributed by atoms with Crippen LogP contribution in [0.25, 0.3) is 5.69 Å². The third-order valence-electron chi connectivity index (χ3n) is 6.16. The van der Waals surface area contributed by atoms with Crippen LogP contribution < -0.4 is 10.1 Å². The molecule has 0 aliphatic carbocycles. The Balaban J connectivity index is 1.31. The third-order valence-corrected chi connectivity index (χ3v) is 6.16. The number of carbonyl (C=O) groups is 1. The van der Waals surface area contributed by atoms with Gasteiger partial charge in [-0.3, -0.25) is 0 Å². The van der Waals surface area contributed by atoms with E-state index in [1.807, 2.05) is 47.4 Å². The Hall–Kier alpha value is -3.41. The second kappa shape index (κ2) is 7.44. The van der Waals surface area contributed by atoms with E-state index in [2.05, 4.69) is 34.3 Å². The minimum absolute atomic E-state index is 0.209. The van der Waals surface area contributed by atoms with Crippen molar-refractivity contribution in [1.29, 1.82) is 0 Å². The highest BCUT2D eigenvalue weighted by Gasteiger charge is 2.42. The molecule has 0 unspecified atom stereocenters. The van der Waals surface area contributed by atoms with Gasteiger partial charge < -0.3 is 24.3 Å². The summed E-state index contributed by atoms with van der Waals surface area (Å²) in [5, 5.41) is 3.77. The van der Waals surface area contributed by atoms with Gasteiger partial charge in [-0.15, -0.1) is 0 Å². The number of hydrogen-bond donors (Lipinski definition) is 1. The maximum Gasteiger partial charge on any atom is 0.410 e. The molecule has 3 aromatic rings. The lowest BCUT2D eigenvalue weighted by molar-refractivity contribution is 0.0794. The number of nitrogens with one attached hydrogen (secondary N) is 1. The van der Waals surface area contributed by atoms with Gasteiger partial charge in [-0.1, -0.05) is 30.3 Å². The van der Waals surface area contributed by atoms with Gasteiger partial charge >= 0.3 is 6.09 Å². The van der Waals surface area contributed by atoms with Crippen molar-refractivity contribution in [3.05, 3.63) is 78.1 Å². The lowest BCUT2D eigenvalue weighted by Gasteiger charge is -2.46. The predicted molar refractivity (Wildman–Crippen MR) is 115 cm³/mol. The van der Waals surface area contributed by atoms with Crippen molar-refractivity contribution in [3.63, 3.8) is 0 Å². The number of methoxy groups -OCH3 is 1. The zero-order valence-corrected chi connectivity index (χ0v) is 17.0. The number of carbonyl (C=O) groups excluding carboxylic acids is 1. The second-order valence-electron chi connectivity index (χ2n) is 7.88. The van der Waals surface area contributed by atoms with Gasteiger partial charge in [-0.25, -0.2) is 4.79 Å². The van der Waals surface area contributed by atoms with Crippen molar-refractivity contribution in [2.45, 2.75) is 25.0 Å². The highest BCUT2D eigenvalue weighted by atomic mass is 16.6. The molecule has 1 spiro atoms. The van der Waals surface area contributed by atoms with Gasteiger partial charge in [-0.2, -0.15) is 0 Å². The first-order chi connectivity index (χ1) is 14.7. The molecule has 154 valence electrons.